The standard InChI is InChI=1S/C12H22N2O2/c1-12(2,3)16-11(15)14-10-5-8-4-9(6-10)13-7-8/h8-10,13H,4-7H2,1-3H3,(H,14,15)/t8-,9+,10-/m1/s1. The van der Waals surface area contributed by atoms with Crippen molar-refractivity contribution in [3.05, 3.63) is 0 Å². The predicted molar refractivity (Wildman–Crippen MR) is 62.3 cm³/mol. The number of alkyl carbamates (subject to hydrolysis) is 1. The molecule has 1 saturated carbocycles. The molecule has 1 aliphatic carbocycles. The van der Waals surface area contributed by atoms with Crippen LogP contribution in [0.5, 0.6) is 0 Å². The molecule has 2 N–H and O–H groups in total. The molecule has 4 heteroatoms. The van der Waals surface area contributed by atoms with Crippen LogP contribution in [-0.2, 0) is 4.74 Å². The molecule has 2 bridgehead atoms. The van der Waals surface area contributed by atoms with E-state index in [0.29, 0.717) is 6.04 Å². The Bertz CT molecular complexity index is 261. The van der Waals surface area contributed by atoms with Crippen LogP contribution < -0.4 is 10.6 Å². The zero-order valence-electron chi connectivity index (χ0n) is 10.4. The Morgan fingerprint density at radius 3 is 2.69 bits per heavy atom. The molecule has 1 amide bonds. The van der Waals surface area contributed by atoms with Crippen molar-refractivity contribution in [3.8, 4) is 0 Å². The van der Waals surface area contributed by atoms with Gasteiger partial charge in [0.25, 0.3) is 0 Å². The van der Waals surface area contributed by atoms with E-state index in [9.17, 15) is 4.79 Å². The summed E-state index contributed by atoms with van der Waals surface area (Å²) in [5.74, 6) is 0.735. The van der Waals surface area contributed by atoms with Crippen LogP contribution in [0.1, 0.15) is 40.0 Å². The third kappa shape index (κ3) is 3.11. The minimum Gasteiger partial charge on any atom is -0.444 e. The number of ether oxygens (including phenoxy) is 1. The van der Waals surface area contributed by atoms with Crippen molar-refractivity contribution < 1.29 is 9.53 Å². The molecule has 0 aromatic rings. The molecule has 92 valence electrons. The van der Waals surface area contributed by atoms with Crippen molar-refractivity contribution in [2.24, 2.45) is 5.92 Å². The minimum atomic E-state index is -0.407. The van der Waals surface area contributed by atoms with Gasteiger partial charge in [-0.2, -0.15) is 0 Å². The smallest absolute Gasteiger partial charge is 0.407 e. The highest BCUT2D eigenvalue weighted by molar-refractivity contribution is 5.68. The summed E-state index contributed by atoms with van der Waals surface area (Å²) in [6.07, 6.45) is 3.11. The van der Waals surface area contributed by atoms with Gasteiger partial charge in [-0.15, -0.1) is 0 Å². The first-order chi connectivity index (χ1) is 7.42. The molecule has 16 heavy (non-hydrogen) atoms. The third-order valence-corrected chi connectivity index (χ3v) is 3.22. The molecule has 0 aromatic heterocycles. The highest BCUT2D eigenvalue weighted by atomic mass is 16.6. The fourth-order valence-electron chi connectivity index (χ4n) is 2.70. The summed E-state index contributed by atoms with van der Waals surface area (Å²) in [6, 6.07) is 0.882. The molecule has 2 aliphatic rings. The van der Waals surface area contributed by atoms with Gasteiger partial charge >= 0.3 is 6.09 Å². The monoisotopic (exact) mass is 226 g/mol. The SMILES string of the molecule is CC(C)(C)OC(=O)N[C@@H]1C[C@@H]2CN[C@@H](C2)C1. The van der Waals surface area contributed by atoms with Gasteiger partial charge in [0.05, 0.1) is 0 Å². The van der Waals surface area contributed by atoms with Crippen LogP contribution in [0.2, 0.25) is 0 Å². The fraction of sp³-hybridized carbons (Fsp3) is 0.917. The van der Waals surface area contributed by atoms with Crippen molar-refractivity contribution in [2.45, 2.75) is 57.7 Å². The molecule has 0 unspecified atom stereocenters. The molecule has 2 fully saturated rings. The van der Waals surface area contributed by atoms with Gasteiger partial charge in [0.2, 0.25) is 0 Å². The molecule has 1 aliphatic heterocycles. The summed E-state index contributed by atoms with van der Waals surface area (Å²) in [6.45, 7) is 6.77. The molecule has 1 heterocycles. The molecular weight excluding hydrogens is 204 g/mol. The Morgan fingerprint density at radius 2 is 2.06 bits per heavy atom. The first kappa shape index (κ1) is 11.7. The van der Waals surface area contributed by atoms with Crippen LogP contribution in [0.3, 0.4) is 0 Å². The Hall–Kier alpha value is -0.770. The lowest BCUT2D eigenvalue weighted by Crippen LogP contribution is -2.43. The molecule has 4 nitrogen and oxygen atoms in total. The Morgan fingerprint density at radius 1 is 1.31 bits per heavy atom. The van der Waals surface area contributed by atoms with Gasteiger partial charge < -0.3 is 15.4 Å². The van der Waals surface area contributed by atoms with Crippen LogP contribution in [-0.4, -0.2) is 30.3 Å². The van der Waals surface area contributed by atoms with Crippen LogP contribution in [0.25, 0.3) is 0 Å². The fourth-order valence-corrected chi connectivity index (χ4v) is 2.70. The highest BCUT2D eigenvalue weighted by Crippen LogP contribution is 2.29. The summed E-state index contributed by atoms with van der Waals surface area (Å²) < 4.78 is 5.26. The van der Waals surface area contributed by atoms with Crippen molar-refractivity contribution in [1.29, 1.82) is 0 Å². The van der Waals surface area contributed by atoms with Gasteiger partial charge in [0.15, 0.2) is 0 Å². The van der Waals surface area contributed by atoms with E-state index in [2.05, 4.69) is 10.6 Å². The Labute approximate surface area is 97.1 Å². The average Bonchev–Trinajstić information content (AvgIpc) is 2.42. The number of hydrogen-bond acceptors (Lipinski definition) is 3. The predicted octanol–water partition coefficient (Wildman–Crippen LogP) is 1.65. The van der Waals surface area contributed by atoms with Gasteiger partial charge in [0, 0.05) is 12.1 Å². The lowest BCUT2D eigenvalue weighted by Gasteiger charge is -2.29. The second kappa shape index (κ2) is 4.24. The number of nitrogens with one attached hydrogen (secondary N) is 2. The van der Waals surface area contributed by atoms with Gasteiger partial charge in [-0.25, -0.2) is 4.79 Å². The quantitative estimate of drug-likeness (QED) is 0.715. The lowest BCUT2D eigenvalue weighted by molar-refractivity contribution is 0.0488. The number of carbonyl (C=O) groups is 1. The maximum atomic E-state index is 11.6. The van der Waals surface area contributed by atoms with E-state index in [-0.39, 0.29) is 12.1 Å². The highest BCUT2D eigenvalue weighted by Gasteiger charge is 2.34. The third-order valence-electron chi connectivity index (χ3n) is 3.22. The number of fused-ring (bicyclic) bond motifs is 2. The molecule has 0 spiro atoms. The maximum Gasteiger partial charge on any atom is 0.407 e. The van der Waals surface area contributed by atoms with Crippen LogP contribution in [0.15, 0.2) is 0 Å². The van der Waals surface area contributed by atoms with E-state index in [4.69, 9.17) is 4.74 Å². The number of rotatable bonds is 1. The van der Waals surface area contributed by atoms with Crippen molar-refractivity contribution in [3.63, 3.8) is 0 Å². The summed E-state index contributed by atoms with van der Waals surface area (Å²) in [5, 5.41) is 6.45. The normalized spacial score (nSPS) is 33.6. The van der Waals surface area contributed by atoms with Crippen molar-refractivity contribution in [1.82, 2.24) is 10.6 Å². The first-order valence-corrected chi connectivity index (χ1v) is 6.15. The number of hydrogen-bond donors (Lipinski definition) is 2. The molecule has 1 saturated heterocycles. The largest absolute Gasteiger partial charge is 0.444 e. The minimum absolute atomic E-state index is 0.279. The van der Waals surface area contributed by atoms with Gasteiger partial charge in [0.1, 0.15) is 5.60 Å². The maximum absolute atomic E-state index is 11.6. The van der Waals surface area contributed by atoms with E-state index in [1.165, 1.54) is 6.42 Å². The van der Waals surface area contributed by atoms with Crippen molar-refractivity contribution in [2.75, 3.05) is 6.54 Å². The van der Waals surface area contributed by atoms with Crippen molar-refractivity contribution >= 4 is 6.09 Å². The topological polar surface area (TPSA) is 50.4 Å². The second-order valence-corrected chi connectivity index (χ2v) is 6.02. The second-order valence-electron chi connectivity index (χ2n) is 6.02. The zero-order chi connectivity index (χ0) is 11.8. The lowest BCUT2D eigenvalue weighted by atomic mass is 9.87. The summed E-state index contributed by atoms with van der Waals surface area (Å²) >= 11 is 0. The van der Waals surface area contributed by atoms with Crippen LogP contribution in [0.4, 0.5) is 4.79 Å². The van der Waals surface area contributed by atoms with Crippen LogP contribution in [0, 0.1) is 5.92 Å². The molecule has 0 radical (unpaired) electrons. The zero-order valence-corrected chi connectivity index (χ0v) is 10.4. The van der Waals surface area contributed by atoms with E-state index in [0.717, 1.165) is 25.3 Å². The van der Waals surface area contributed by atoms with E-state index >= 15 is 0 Å². The van der Waals surface area contributed by atoms with E-state index < -0.39 is 5.60 Å². The van der Waals surface area contributed by atoms with Gasteiger partial charge in [-0.3, -0.25) is 0 Å². The number of amides is 1. The molecular formula is C12H22N2O2. The van der Waals surface area contributed by atoms with E-state index in [1.807, 2.05) is 20.8 Å². The Balaban J connectivity index is 1.79. The van der Waals surface area contributed by atoms with Gasteiger partial charge in [-0.1, -0.05) is 0 Å². The molecule has 0 aromatic carbocycles. The first-order valence-electron chi connectivity index (χ1n) is 6.15. The van der Waals surface area contributed by atoms with Gasteiger partial charge in [-0.05, 0) is 52.5 Å². The van der Waals surface area contributed by atoms with Crippen LogP contribution >= 0.6 is 0 Å². The van der Waals surface area contributed by atoms with E-state index in [1.54, 1.807) is 0 Å². The summed E-state index contributed by atoms with van der Waals surface area (Å²) in [5.41, 5.74) is -0.407. The Kier molecular flexibility index (Phi) is 3.10. The average molecular weight is 226 g/mol. The molecule has 2 rings (SSSR count). The molecule has 3 atom stereocenters. The number of carbonyl (C=O) groups excluding carboxylic acids is 1. The summed E-state index contributed by atoms with van der Waals surface area (Å²) in [7, 11) is 0. The summed E-state index contributed by atoms with van der Waals surface area (Å²) in [4.78, 5) is 11.6.